The molecule has 0 saturated carbocycles. The van der Waals surface area contributed by atoms with Crippen LogP contribution in [0.15, 0.2) is 12.3 Å². The molecule has 3 heterocycles. The molecule has 0 aromatic carbocycles. The van der Waals surface area contributed by atoms with Crippen LogP contribution in [0, 0.1) is 12.8 Å². The van der Waals surface area contributed by atoms with E-state index in [1.54, 1.807) is 4.68 Å². The van der Waals surface area contributed by atoms with Gasteiger partial charge in [0.25, 0.3) is 0 Å². The van der Waals surface area contributed by atoms with E-state index in [0.717, 1.165) is 44.6 Å². The molecule has 1 aromatic rings. The number of likely N-dealkylation sites (tertiary alicyclic amines) is 1. The van der Waals surface area contributed by atoms with Gasteiger partial charge in [0.2, 0.25) is 11.8 Å². The van der Waals surface area contributed by atoms with Gasteiger partial charge < -0.3 is 14.7 Å². The summed E-state index contributed by atoms with van der Waals surface area (Å²) in [7, 11) is 2.08. The standard InChI is InChI=1S/C18H29N5O2/c1-15-6-10-23(19-15)14-17(24)21-8-4-9-22(12-11-21)18(25)16-5-3-7-20(2)13-16/h6,10,16H,3-5,7-9,11-14H2,1-2H3. The highest BCUT2D eigenvalue weighted by Gasteiger charge is 2.29. The lowest BCUT2D eigenvalue weighted by molar-refractivity contribution is -0.138. The maximum Gasteiger partial charge on any atom is 0.244 e. The highest BCUT2D eigenvalue weighted by Crippen LogP contribution is 2.19. The molecule has 1 unspecified atom stereocenters. The van der Waals surface area contributed by atoms with E-state index in [2.05, 4.69) is 17.0 Å². The van der Waals surface area contributed by atoms with Crippen molar-refractivity contribution in [1.29, 1.82) is 0 Å². The Bertz CT molecular complexity index is 614. The van der Waals surface area contributed by atoms with E-state index >= 15 is 0 Å². The minimum Gasteiger partial charge on any atom is -0.341 e. The van der Waals surface area contributed by atoms with Crippen LogP contribution in [0.1, 0.15) is 25.0 Å². The van der Waals surface area contributed by atoms with Crippen LogP contribution in [-0.4, -0.2) is 82.6 Å². The van der Waals surface area contributed by atoms with Crippen molar-refractivity contribution in [2.24, 2.45) is 5.92 Å². The minimum absolute atomic E-state index is 0.0785. The van der Waals surface area contributed by atoms with Crippen LogP contribution >= 0.6 is 0 Å². The van der Waals surface area contributed by atoms with Crippen molar-refractivity contribution in [3.8, 4) is 0 Å². The lowest BCUT2D eigenvalue weighted by Crippen LogP contribution is -2.45. The summed E-state index contributed by atoms with van der Waals surface area (Å²) >= 11 is 0. The number of carbonyl (C=O) groups is 2. The van der Waals surface area contributed by atoms with Gasteiger partial charge in [0.05, 0.1) is 11.6 Å². The van der Waals surface area contributed by atoms with Crippen LogP contribution in [0.2, 0.25) is 0 Å². The fraction of sp³-hybridized carbons (Fsp3) is 0.722. The molecule has 7 nitrogen and oxygen atoms in total. The van der Waals surface area contributed by atoms with E-state index < -0.39 is 0 Å². The summed E-state index contributed by atoms with van der Waals surface area (Å²) in [6, 6.07) is 1.90. The Hall–Kier alpha value is -1.89. The normalized spacial score (nSPS) is 22.7. The molecule has 2 saturated heterocycles. The molecule has 3 rings (SSSR count). The van der Waals surface area contributed by atoms with E-state index in [9.17, 15) is 9.59 Å². The number of nitrogens with zero attached hydrogens (tertiary/aromatic N) is 5. The number of hydrogen-bond acceptors (Lipinski definition) is 4. The first-order valence-corrected chi connectivity index (χ1v) is 9.28. The van der Waals surface area contributed by atoms with Gasteiger partial charge in [-0.3, -0.25) is 14.3 Å². The van der Waals surface area contributed by atoms with E-state index in [4.69, 9.17) is 0 Å². The first kappa shape index (κ1) is 17.9. The summed E-state index contributed by atoms with van der Waals surface area (Å²) in [5.41, 5.74) is 0.915. The van der Waals surface area contributed by atoms with Crippen LogP contribution in [0.25, 0.3) is 0 Å². The topological polar surface area (TPSA) is 61.7 Å². The quantitative estimate of drug-likeness (QED) is 0.803. The summed E-state index contributed by atoms with van der Waals surface area (Å²) in [4.78, 5) is 31.4. The summed E-state index contributed by atoms with van der Waals surface area (Å²) in [5, 5.41) is 4.28. The summed E-state index contributed by atoms with van der Waals surface area (Å²) in [6.45, 7) is 6.86. The summed E-state index contributed by atoms with van der Waals surface area (Å²) in [6.07, 6.45) is 4.76. The van der Waals surface area contributed by atoms with Crippen molar-refractivity contribution in [2.75, 3.05) is 46.3 Å². The maximum absolute atomic E-state index is 12.8. The number of aryl methyl sites for hydroxylation is 1. The molecule has 0 radical (unpaired) electrons. The van der Waals surface area contributed by atoms with Crippen molar-refractivity contribution >= 4 is 11.8 Å². The van der Waals surface area contributed by atoms with E-state index in [1.165, 1.54) is 0 Å². The Labute approximate surface area is 149 Å². The molecule has 7 heteroatoms. The third-order valence-corrected chi connectivity index (χ3v) is 5.21. The van der Waals surface area contributed by atoms with Gasteiger partial charge in [-0.25, -0.2) is 0 Å². The van der Waals surface area contributed by atoms with Gasteiger partial charge in [-0.1, -0.05) is 0 Å². The second kappa shape index (κ2) is 7.99. The number of aromatic nitrogens is 2. The maximum atomic E-state index is 12.8. The van der Waals surface area contributed by atoms with E-state index in [0.29, 0.717) is 19.6 Å². The fourth-order valence-electron chi connectivity index (χ4n) is 3.80. The van der Waals surface area contributed by atoms with Crippen molar-refractivity contribution in [3.63, 3.8) is 0 Å². The summed E-state index contributed by atoms with van der Waals surface area (Å²) in [5.74, 6) is 0.464. The zero-order valence-corrected chi connectivity index (χ0v) is 15.4. The molecule has 2 fully saturated rings. The van der Waals surface area contributed by atoms with Gasteiger partial charge in [0, 0.05) is 38.9 Å². The Balaban J connectivity index is 1.53. The highest BCUT2D eigenvalue weighted by molar-refractivity contribution is 5.79. The molecule has 0 aliphatic carbocycles. The number of rotatable bonds is 3. The van der Waals surface area contributed by atoms with Gasteiger partial charge in [-0.05, 0) is 45.8 Å². The molecule has 1 aromatic heterocycles. The molecule has 2 amide bonds. The van der Waals surface area contributed by atoms with Crippen LogP contribution in [0.3, 0.4) is 0 Å². The zero-order chi connectivity index (χ0) is 17.8. The lowest BCUT2D eigenvalue weighted by atomic mass is 9.97. The molecular weight excluding hydrogens is 318 g/mol. The fourth-order valence-corrected chi connectivity index (χ4v) is 3.80. The Morgan fingerprint density at radius 3 is 2.60 bits per heavy atom. The molecule has 1 atom stereocenters. The average molecular weight is 347 g/mol. The second-order valence-electron chi connectivity index (χ2n) is 7.32. The smallest absolute Gasteiger partial charge is 0.244 e. The number of piperidine rings is 1. The van der Waals surface area contributed by atoms with Gasteiger partial charge >= 0.3 is 0 Å². The molecule has 0 N–H and O–H groups in total. The number of amides is 2. The summed E-state index contributed by atoms with van der Waals surface area (Å²) < 4.78 is 1.68. The molecule has 138 valence electrons. The Morgan fingerprint density at radius 1 is 1.12 bits per heavy atom. The number of hydrogen-bond donors (Lipinski definition) is 0. The molecule has 25 heavy (non-hydrogen) atoms. The SMILES string of the molecule is Cc1ccn(CC(=O)N2CCCN(C(=O)C3CCCN(C)C3)CC2)n1. The third kappa shape index (κ3) is 4.60. The van der Waals surface area contributed by atoms with Gasteiger partial charge in [0.15, 0.2) is 0 Å². The van der Waals surface area contributed by atoms with Gasteiger partial charge in [-0.2, -0.15) is 5.10 Å². The molecule has 0 bridgehead atoms. The highest BCUT2D eigenvalue weighted by atomic mass is 16.2. The lowest BCUT2D eigenvalue weighted by Gasteiger charge is -2.32. The van der Waals surface area contributed by atoms with Crippen LogP contribution in [-0.2, 0) is 16.1 Å². The van der Waals surface area contributed by atoms with Crippen LogP contribution in [0.4, 0.5) is 0 Å². The molecule has 0 spiro atoms. The van der Waals surface area contributed by atoms with Crippen LogP contribution < -0.4 is 0 Å². The zero-order valence-electron chi connectivity index (χ0n) is 15.4. The first-order chi connectivity index (χ1) is 12.0. The number of carbonyl (C=O) groups excluding carboxylic acids is 2. The van der Waals surface area contributed by atoms with Crippen molar-refractivity contribution in [1.82, 2.24) is 24.5 Å². The van der Waals surface area contributed by atoms with E-state index in [-0.39, 0.29) is 24.3 Å². The molecule has 2 aliphatic heterocycles. The second-order valence-corrected chi connectivity index (χ2v) is 7.32. The third-order valence-electron chi connectivity index (χ3n) is 5.21. The van der Waals surface area contributed by atoms with E-state index in [1.807, 2.05) is 29.0 Å². The first-order valence-electron chi connectivity index (χ1n) is 9.28. The van der Waals surface area contributed by atoms with Crippen molar-refractivity contribution in [2.45, 2.75) is 32.7 Å². The monoisotopic (exact) mass is 347 g/mol. The van der Waals surface area contributed by atoms with Gasteiger partial charge in [-0.15, -0.1) is 0 Å². The molecular formula is C18H29N5O2. The van der Waals surface area contributed by atoms with Crippen molar-refractivity contribution in [3.05, 3.63) is 18.0 Å². The van der Waals surface area contributed by atoms with Crippen LogP contribution in [0.5, 0.6) is 0 Å². The Morgan fingerprint density at radius 2 is 1.88 bits per heavy atom. The Kier molecular flexibility index (Phi) is 5.73. The van der Waals surface area contributed by atoms with Crippen molar-refractivity contribution < 1.29 is 9.59 Å². The van der Waals surface area contributed by atoms with Gasteiger partial charge in [0.1, 0.15) is 6.54 Å². The minimum atomic E-state index is 0.0785. The average Bonchev–Trinajstić information content (AvgIpc) is 2.85. The predicted octanol–water partition coefficient (Wildman–Crippen LogP) is 0.594. The largest absolute Gasteiger partial charge is 0.341 e. The molecule has 2 aliphatic rings. The predicted molar refractivity (Wildman–Crippen MR) is 95.0 cm³/mol.